The molecule has 0 fully saturated rings. The second-order valence-electron chi connectivity index (χ2n) is 3.57. The Balaban J connectivity index is 2.69. The Kier molecular flexibility index (Phi) is 5.15. The van der Waals surface area contributed by atoms with E-state index in [9.17, 15) is 14.4 Å². The predicted octanol–water partition coefficient (Wildman–Crippen LogP) is 1.23. The predicted molar refractivity (Wildman–Crippen MR) is 67.6 cm³/mol. The summed E-state index contributed by atoms with van der Waals surface area (Å²) in [5.41, 5.74) is 0.829. The number of carbonyl (C=O) groups is 3. The van der Waals surface area contributed by atoms with Gasteiger partial charge >= 0.3 is 0 Å². The van der Waals surface area contributed by atoms with Gasteiger partial charge in [-0.05, 0) is 23.8 Å². The van der Waals surface area contributed by atoms with E-state index in [1.54, 1.807) is 0 Å². The van der Waals surface area contributed by atoms with Crippen molar-refractivity contribution in [3.63, 3.8) is 0 Å². The minimum absolute atomic E-state index is 0.0995. The lowest BCUT2D eigenvalue weighted by molar-refractivity contribution is -0.131. The number of allylic oxidation sites excluding steroid dienone is 3. The van der Waals surface area contributed by atoms with Crippen LogP contribution in [-0.4, -0.2) is 29.8 Å². The molecule has 0 aromatic heterocycles. The van der Waals surface area contributed by atoms with E-state index in [1.165, 1.54) is 30.8 Å². The maximum Gasteiger partial charge on any atom is 0.226 e. The van der Waals surface area contributed by atoms with Gasteiger partial charge in [-0.15, -0.1) is 11.8 Å². The Bertz CT molecular complexity index is 410. The molecule has 1 amide bonds. The molecule has 1 rings (SSSR count). The first-order chi connectivity index (χ1) is 8.04. The Morgan fingerprint density at radius 3 is 2.53 bits per heavy atom. The summed E-state index contributed by atoms with van der Waals surface area (Å²) in [6, 6.07) is 0. The molecule has 0 bridgehead atoms. The molecular weight excluding hydrogens is 238 g/mol. The van der Waals surface area contributed by atoms with E-state index in [-0.39, 0.29) is 5.91 Å². The number of hydrogen-bond donors (Lipinski definition) is 1. The van der Waals surface area contributed by atoms with E-state index in [4.69, 9.17) is 0 Å². The van der Waals surface area contributed by atoms with Gasteiger partial charge in [0.25, 0.3) is 0 Å². The summed E-state index contributed by atoms with van der Waals surface area (Å²) >= 11 is 1.53. The van der Waals surface area contributed by atoms with E-state index >= 15 is 0 Å². The highest BCUT2D eigenvalue weighted by atomic mass is 32.2. The summed E-state index contributed by atoms with van der Waals surface area (Å²) < 4.78 is 0. The summed E-state index contributed by atoms with van der Waals surface area (Å²) in [6.07, 6.45) is 3.33. The second kappa shape index (κ2) is 6.39. The number of rotatable bonds is 5. The average Bonchev–Trinajstić information content (AvgIpc) is 2.24. The SMILES string of the molecule is CCSC1=CC(=O)C(=O)C=C1CCNC(C)=O. The third-order valence-electron chi connectivity index (χ3n) is 2.19. The molecule has 0 saturated carbocycles. The zero-order valence-electron chi connectivity index (χ0n) is 9.91. The molecule has 0 atom stereocenters. The van der Waals surface area contributed by atoms with Gasteiger partial charge in [-0.25, -0.2) is 0 Å². The van der Waals surface area contributed by atoms with E-state index in [0.717, 1.165) is 16.2 Å². The number of nitrogens with one attached hydrogen (secondary N) is 1. The van der Waals surface area contributed by atoms with Gasteiger partial charge in [0, 0.05) is 24.4 Å². The van der Waals surface area contributed by atoms with Crippen molar-refractivity contribution in [2.75, 3.05) is 12.3 Å². The summed E-state index contributed by atoms with van der Waals surface area (Å²) in [5, 5.41) is 2.67. The average molecular weight is 253 g/mol. The lowest BCUT2D eigenvalue weighted by Crippen LogP contribution is -2.22. The minimum Gasteiger partial charge on any atom is -0.356 e. The summed E-state index contributed by atoms with van der Waals surface area (Å²) in [7, 11) is 0. The van der Waals surface area contributed by atoms with Crippen molar-refractivity contribution in [1.82, 2.24) is 5.32 Å². The van der Waals surface area contributed by atoms with Crippen LogP contribution in [0.4, 0.5) is 0 Å². The molecule has 5 heteroatoms. The first-order valence-electron chi connectivity index (χ1n) is 5.42. The van der Waals surface area contributed by atoms with Crippen molar-refractivity contribution in [3.8, 4) is 0 Å². The molecule has 0 spiro atoms. The molecule has 0 radical (unpaired) electrons. The fourth-order valence-corrected chi connectivity index (χ4v) is 2.29. The van der Waals surface area contributed by atoms with E-state index < -0.39 is 11.6 Å². The lowest BCUT2D eigenvalue weighted by atomic mass is 10.0. The topological polar surface area (TPSA) is 63.2 Å². The first-order valence-corrected chi connectivity index (χ1v) is 6.41. The van der Waals surface area contributed by atoms with Gasteiger partial charge in [0.15, 0.2) is 0 Å². The molecule has 0 saturated heterocycles. The Hall–Kier alpha value is -1.36. The maximum absolute atomic E-state index is 11.3. The minimum atomic E-state index is -0.483. The Morgan fingerprint density at radius 1 is 1.29 bits per heavy atom. The molecule has 92 valence electrons. The van der Waals surface area contributed by atoms with Crippen LogP contribution in [0, 0.1) is 0 Å². The van der Waals surface area contributed by atoms with Crippen LogP contribution < -0.4 is 5.32 Å². The molecule has 1 aliphatic carbocycles. The Labute approximate surface area is 105 Å². The zero-order chi connectivity index (χ0) is 12.8. The number of ketones is 2. The normalized spacial score (nSPS) is 15.4. The highest BCUT2D eigenvalue weighted by Gasteiger charge is 2.19. The fourth-order valence-electron chi connectivity index (χ4n) is 1.44. The van der Waals surface area contributed by atoms with Gasteiger partial charge in [-0.3, -0.25) is 14.4 Å². The monoisotopic (exact) mass is 253 g/mol. The van der Waals surface area contributed by atoms with Crippen LogP contribution in [0.25, 0.3) is 0 Å². The van der Waals surface area contributed by atoms with Crippen LogP contribution in [0.5, 0.6) is 0 Å². The van der Waals surface area contributed by atoms with Crippen LogP contribution in [-0.2, 0) is 14.4 Å². The molecule has 0 aromatic rings. The first kappa shape index (κ1) is 13.7. The van der Waals surface area contributed by atoms with Gasteiger partial charge in [-0.2, -0.15) is 0 Å². The van der Waals surface area contributed by atoms with Crippen LogP contribution in [0.1, 0.15) is 20.3 Å². The summed E-state index contributed by atoms with van der Waals surface area (Å²) in [4.78, 5) is 34.1. The van der Waals surface area contributed by atoms with E-state index in [1.807, 2.05) is 6.92 Å². The van der Waals surface area contributed by atoms with Gasteiger partial charge in [0.2, 0.25) is 17.5 Å². The molecule has 0 heterocycles. The van der Waals surface area contributed by atoms with E-state index in [0.29, 0.717) is 13.0 Å². The molecule has 4 nitrogen and oxygen atoms in total. The van der Waals surface area contributed by atoms with Gasteiger partial charge in [-0.1, -0.05) is 6.92 Å². The van der Waals surface area contributed by atoms with Crippen LogP contribution in [0.3, 0.4) is 0 Å². The van der Waals surface area contributed by atoms with E-state index in [2.05, 4.69) is 5.32 Å². The molecular formula is C12H15NO3S. The summed E-state index contributed by atoms with van der Waals surface area (Å²) in [5.74, 6) is -0.213. The smallest absolute Gasteiger partial charge is 0.226 e. The molecule has 17 heavy (non-hydrogen) atoms. The largest absolute Gasteiger partial charge is 0.356 e. The number of amides is 1. The van der Waals surface area contributed by atoms with Crippen LogP contribution in [0.15, 0.2) is 22.6 Å². The second-order valence-corrected chi connectivity index (χ2v) is 4.88. The molecule has 1 aliphatic rings. The number of thioether (sulfide) groups is 1. The van der Waals surface area contributed by atoms with Crippen molar-refractivity contribution in [3.05, 3.63) is 22.6 Å². The van der Waals surface area contributed by atoms with Gasteiger partial charge in [0.05, 0.1) is 0 Å². The van der Waals surface area contributed by atoms with Crippen molar-refractivity contribution in [2.45, 2.75) is 20.3 Å². The quantitative estimate of drug-likeness (QED) is 0.591. The van der Waals surface area contributed by atoms with Gasteiger partial charge in [0.1, 0.15) is 0 Å². The molecule has 1 N–H and O–H groups in total. The molecule has 0 unspecified atom stereocenters. The summed E-state index contributed by atoms with van der Waals surface area (Å²) in [6.45, 7) is 3.91. The molecule has 0 aromatic carbocycles. The van der Waals surface area contributed by atoms with Gasteiger partial charge < -0.3 is 5.32 Å². The molecule has 0 aliphatic heterocycles. The van der Waals surface area contributed by atoms with Crippen molar-refractivity contribution >= 4 is 29.2 Å². The third-order valence-corrected chi connectivity index (χ3v) is 3.17. The standard InChI is InChI=1S/C12H15NO3S/c1-3-17-12-7-11(16)10(15)6-9(12)4-5-13-8(2)14/h6-7H,3-5H2,1-2H3,(H,13,14). The number of hydrogen-bond acceptors (Lipinski definition) is 4. The van der Waals surface area contributed by atoms with Crippen molar-refractivity contribution < 1.29 is 14.4 Å². The van der Waals surface area contributed by atoms with Crippen molar-refractivity contribution in [1.29, 1.82) is 0 Å². The maximum atomic E-state index is 11.3. The fraction of sp³-hybridized carbons (Fsp3) is 0.417. The Morgan fingerprint density at radius 2 is 1.94 bits per heavy atom. The lowest BCUT2D eigenvalue weighted by Gasteiger charge is -2.14. The zero-order valence-corrected chi connectivity index (χ0v) is 10.7. The number of carbonyl (C=O) groups excluding carboxylic acids is 3. The highest BCUT2D eigenvalue weighted by Crippen LogP contribution is 2.28. The van der Waals surface area contributed by atoms with Crippen LogP contribution >= 0.6 is 11.8 Å². The highest BCUT2D eigenvalue weighted by molar-refractivity contribution is 8.03. The van der Waals surface area contributed by atoms with Crippen molar-refractivity contribution in [2.24, 2.45) is 0 Å². The third kappa shape index (κ3) is 4.19. The van der Waals surface area contributed by atoms with Crippen LogP contribution in [0.2, 0.25) is 0 Å².